The minimum absolute atomic E-state index is 0.136. The molecule has 5 heteroatoms. The summed E-state index contributed by atoms with van der Waals surface area (Å²) in [4.78, 5) is 15.3. The van der Waals surface area contributed by atoms with Crippen molar-refractivity contribution in [2.75, 3.05) is 26.7 Å². The van der Waals surface area contributed by atoms with Crippen LogP contribution < -0.4 is 0 Å². The van der Waals surface area contributed by atoms with Crippen molar-refractivity contribution in [2.24, 2.45) is 0 Å². The summed E-state index contributed by atoms with van der Waals surface area (Å²) >= 11 is 6.00. The van der Waals surface area contributed by atoms with Crippen molar-refractivity contribution in [3.63, 3.8) is 0 Å². The molecular weight excluding hydrogens is 255 g/mol. The first kappa shape index (κ1) is 13.3. The maximum absolute atomic E-state index is 13.7. The number of amides is 1. The molecule has 1 heterocycles. The largest absolute Gasteiger partial charge is 0.344 e. The number of carbonyl (C=O) groups excluding carboxylic acids is 1. The highest BCUT2D eigenvalue weighted by molar-refractivity contribution is 6.31. The van der Waals surface area contributed by atoms with Gasteiger partial charge in [-0.15, -0.1) is 0 Å². The standard InChI is InChI=1S/C13H16ClFN2O/c1-16-7-8-17(6-5-13(16)18)9-10-11(14)3-2-4-12(10)15/h2-4H,5-9H2,1H3. The van der Waals surface area contributed by atoms with Gasteiger partial charge in [-0.2, -0.15) is 0 Å². The highest BCUT2D eigenvalue weighted by atomic mass is 35.5. The second-order valence-corrected chi connectivity index (χ2v) is 4.95. The Kier molecular flexibility index (Phi) is 4.19. The van der Waals surface area contributed by atoms with Crippen LogP contribution in [0.4, 0.5) is 4.39 Å². The van der Waals surface area contributed by atoms with E-state index in [-0.39, 0.29) is 11.7 Å². The maximum atomic E-state index is 13.7. The maximum Gasteiger partial charge on any atom is 0.223 e. The van der Waals surface area contributed by atoms with Crippen LogP contribution >= 0.6 is 11.6 Å². The molecule has 18 heavy (non-hydrogen) atoms. The van der Waals surface area contributed by atoms with Crippen molar-refractivity contribution in [3.05, 3.63) is 34.6 Å². The SMILES string of the molecule is CN1CCN(Cc2c(F)cccc2Cl)CCC1=O. The van der Waals surface area contributed by atoms with Crippen molar-refractivity contribution in [2.45, 2.75) is 13.0 Å². The number of carbonyl (C=O) groups is 1. The summed E-state index contributed by atoms with van der Waals surface area (Å²) in [5.74, 6) is -0.149. The van der Waals surface area contributed by atoms with Gasteiger partial charge in [0, 0.05) is 50.2 Å². The predicted molar refractivity (Wildman–Crippen MR) is 68.9 cm³/mol. The van der Waals surface area contributed by atoms with Gasteiger partial charge < -0.3 is 4.90 Å². The van der Waals surface area contributed by atoms with E-state index in [0.29, 0.717) is 36.6 Å². The molecule has 2 rings (SSSR count). The third kappa shape index (κ3) is 3.00. The first-order chi connectivity index (χ1) is 8.58. The molecule has 3 nitrogen and oxygen atoms in total. The molecule has 98 valence electrons. The van der Waals surface area contributed by atoms with E-state index >= 15 is 0 Å². The fourth-order valence-corrected chi connectivity index (χ4v) is 2.26. The molecule has 1 aliphatic rings. The lowest BCUT2D eigenvalue weighted by Crippen LogP contribution is -2.30. The van der Waals surface area contributed by atoms with Gasteiger partial charge in [0.25, 0.3) is 0 Å². The van der Waals surface area contributed by atoms with Crippen LogP contribution in [0, 0.1) is 5.82 Å². The molecule has 0 bridgehead atoms. The van der Waals surface area contributed by atoms with E-state index in [4.69, 9.17) is 11.6 Å². The van der Waals surface area contributed by atoms with Gasteiger partial charge in [0.2, 0.25) is 5.91 Å². The average molecular weight is 271 g/mol. The molecule has 0 N–H and O–H groups in total. The Morgan fingerprint density at radius 1 is 1.33 bits per heavy atom. The predicted octanol–water partition coefficient (Wildman–Crippen LogP) is 2.14. The third-order valence-electron chi connectivity index (χ3n) is 3.26. The van der Waals surface area contributed by atoms with Crippen LogP contribution in [0.1, 0.15) is 12.0 Å². The van der Waals surface area contributed by atoms with Crippen LogP contribution in [0.15, 0.2) is 18.2 Å². The molecule has 1 aliphatic heterocycles. The Bertz CT molecular complexity index is 432. The summed E-state index contributed by atoms with van der Waals surface area (Å²) in [6.07, 6.45) is 0.475. The Morgan fingerprint density at radius 3 is 2.83 bits per heavy atom. The molecule has 0 spiro atoms. The number of rotatable bonds is 2. The quantitative estimate of drug-likeness (QED) is 0.822. The first-order valence-corrected chi connectivity index (χ1v) is 6.35. The molecule has 0 saturated carbocycles. The number of hydrogen-bond donors (Lipinski definition) is 0. The van der Waals surface area contributed by atoms with E-state index in [1.807, 2.05) is 0 Å². The second-order valence-electron chi connectivity index (χ2n) is 4.54. The molecule has 0 aliphatic carbocycles. The van der Waals surface area contributed by atoms with Crippen molar-refractivity contribution >= 4 is 17.5 Å². The van der Waals surface area contributed by atoms with Crippen LogP contribution in [-0.2, 0) is 11.3 Å². The summed E-state index contributed by atoms with van der Waals surface area (Å²) in [7, 11) is 1.79. The Hall–Kier alpha value is -1.13. The van der Waals surface area contributed by atoms with Crippen LogP contribution in [0.5, 0.6) is 0 Å². The zero-order valence-electron chi connectivity index (χ0n) is 10.3. The van der Waals surface area contributed by atoms with E-state index in [9.17, 15) is 9.18 Å². The second kappa shape index (κ2) is 5.67. The molecule has 0 aromatic heterocycles. The lowest BCUT2D eigenvalue weighted by atomic mass is 10.2. The van der Waals surface area contributed by atoms with E-state index in [0.717, 1.165) is 6.54 Å². The number of hydrogen-bond acceptors (Lipinski definition) is 2. The highest BCUT2D eigenvalue weighted by Gasteiger charge is 2.19. The van der Waals surface area contributed by atoms with Crippen LogP contribution in [-0.4, -0.2) is 42.4 Å². The zero-order valence-corrected chi connectivity index (χ0v) is 11.1. The molecule has 1 aromatic carbocycles. The van der Waals surface area contributed by atoms with Gasteiger partial charge in [0.1, 0.15) is 5.82 Å². The lowest BCUT2D eigenvalue weighted by molar-refractivity contribution is -0.129. The monoisotopic (exact) mass is 270 g/mol. The van der Waals surface area contributed by atoms with E-state index < -0.39 is 0 Å². The van der Waals surface area contributed by atoms with Crippen molar-refractivity contribution in [1.29, 1.82) is 0 Å². The Morgan fingerprint density at radius 2 is 2.11 bits per heavy atom. The number of halogens is 2. The first-order valence-electron chi connectivity index (χ1n) is 5.97. The number of likely N-dealkylation sites (N-methyl/N-ethyl adjacent to an activating group) is 1. The number of benzene rings is 1. The van der Waals surface area contributed by atoms with Gasteiger partial charge in [0.15, 0.2) is 0 Å². The van der Waals surface area contributed by atoms with Gasteiger partial charge >= 0.3 is 0 Å². The number of nitrogens with zero attached hydrogens (tertiary/aromatic N) is 2. The van der Waals surface area contributed by atoms with Gasteiger partial charge in [-0.1, -0.05) is 17.7 Å². The van der Waals surface area contributed by atoms with Crippen molar-refractivity contribution in [1.82, 2.24) is 9.80 Å². The minimum Gasteiger partial charge on any atom is -0.344 e. The van der Waals surface area contributed by atoms with Crippen molar-refractivity contribution in [3.8, 4) is 0 Å². The average Bonchev–Trinajstić information content (AvgIpc) is 2.49. The fraction of sp³-hybridized carbons (Fsp3) is 0.462. The van der Waals surface area contributed by atoms with Gasteiger partial charge in [0.05, 0.1) is 0 Å². The van der Waals surface area contributed by atoms with Gasteiger partial charge in [-0.25, -0.2) is 4.39 Å². The normalized spacial score (nSPS) is 17.9. The molecule has 0 unspecified atom stereocenters. The molecule has 0 radical (unpaired) electrons. The summed E-state index contributed by atoms with van der Waals surface area (Å²) < 4.78 is 13.7. The van der Waals surface area contributed by atoms with Gasteiger partial charge in [-0.3, -0.25) is 9.69 Å². The highest BCUT2D eigenvalue weighted by Crippen LogP contribution is 2.21. The molecule has 1 saturated heterocycles. The van der Waals surface area contributed by atoms with E-state index in [1.54, 1.807) is 24.1 Å². The van der Waals surface area contributed by atoms with Crippen LogP contribution in [0.25, 0.3) is 0 Å². The van der Waals surface area contributed by atoms with E-state index in [2.05, 4.69) is 4.90 Å². The molecule has 1 fully saturated rings. The third-order valence-corrected chi connectivity index (χ3v) is 3.62. The van der Waals surface area contributed by atoms with Crippen molar-refractivity contribution < 1.29 is 9.18 Å². The Labute approximate surface area is 111 Å². The smallest absolute Gasteiger partial charge is 0.223 e. The molecule has 1 aromatic rings. The lowest BCUT2D eigenvalue weighted by Gasteiger charge is -2.20. The topological polar surface area (TPSA) is 23.6 Å². The Balaban J connectivity index is 2.07. The summed E-state index contributed by atoms with van der Waals surface area (Å²) in [6.45, 7) is 2.51. The summed E-state index contributed by atoms with van der Waals surface area (Å²) in [6, 6.07) is 4.70. The molecular formula is C13H16ClFN2O. The minimum atomic E-state index is -0.286. The van der Waals surface area contributed by atoms with Crippen LogP contribution in [0.3, 0.4) is 0 Å². The fourth-order valence-electron chi connectivity index (χ4n) is 2.04. The van der Waals surface area contributed by atoms with Crippen LogP contribution in [0.2, 0.25) is 5.02 Å². The molecule has 1 amide bonds. The molecule has 0 atom stereocenters. The summed E-state index contributed by atoms with van der Waals surface area (Å²) in [5, 5.41) is 0.443. The summed E-state index contributed by atoms with van der Waals surface area (Å²) in [5.41, 5.74) is 0.510. The van der Waals surface area contributed by atoms with Gasteiger partial charge in [-0.05, 0) is 12.1 Å². The van der Waals surface area contributed by atoms with E-state index in [1.165, 1.54) is 6.07 Å². The zero-order chi connectivity index (χ0) is 13.1.